The second-order valence-corrected chi connectivity index (χ2v) is 8.11. The molecule has 1 fully saturated rings. The van der Waals surface area contributed by atoms with E-state index < -0.39 is 11.4 Å². The van der Waals surface area contributed by atoms with E-state index in [2.05, 4.69) is 37.4 Å². The SMILES string of the molecule is CCc1ncc(F)c(Nc2n[nH]c3c2CN(C(=O)N2CCN(C)CC2)C3(C)C)n1. The van der Waals surface area contributed by atoms with Gasteiger partial charge in [0.25, 0.3) is 0 Å². The van der Waals surface area contributed by atoms with Gasteiger partial charge in [-0.2, -0.15) is 5.10 Å². The van der Waals surface area contributed by atoms with Crippen molar-refractivity contribution in [2.45, 2.75) is 39.3 Å². The summed E-state index contributed by atoms with van der Waals surface area (Å²) in [5, 5.41) is 10.3. The number of anilines is 2. The van der Waals surface area contributed by atoms with E-state index in [1.165, 1.54) is 0 Å². The number of aromatic amines is 1. The number of nitrogens with zero attached hydrogens (tertiary/aromatic N) is 6. The van der Waals surface area contributed by atoms with Crippen molar-refractivity contribution in [2.24, 2.45) is 0 Å². The number of likely N-dealkylation sites (N-methyl/N-ethyl adjacent to an activating group) is 1. The number of carbonyl (C=O) groups excluding carboxylic acids is 1. The Kier molecular flexibility index (Phi) is 4.89. The maximum Gasteiger partial charge on any atom is 0.321 e. The first-order valence-corrected chi connectivity index (χ1v) is 9.92. The van der Waals surface area contributed by atoms with Crippen molar-refractivity contribution >= 4 is 17.7 Å². The molecular weight excluding hydrogens is 375 g/mol. The maximum absolute atomic E-state index is 14.2. The lowest BCUT2D eigenvalue weighted by atomic mass is 10.0. The number of nitrogens with one attached hydrogen (secondary N) is 2. The number of halogens is 1. The summed E-state index contributed by atoms with van der Waals surface area (Å²) in [6.45, 7) is 9.47. The first-order valence-electron chi connectivity index (χ1n) is 9.92. The summed E-state index contributed by atoms with van der Waals surface area (Å²) in [7, 11) is 2.06. The Morgan fingerprint density at radius 1 is 1.28 bits per heavy atom. The highest BCUT2D eigenvalue weighted by atomic mass is 19.1. The van der Waals surface area contributed by atoms with Gasteiger partial charge in [-0.05, 0) is 20.9 Å². The van der Waals surface area contributed by atoms with Crippen LogP contribution in [0.2, 0.25) is 0 Å². The van der Waals surface area contributed by atoms with Crippen molar-refractivity contribution in [2.75, 3.05) is 38.5 Å². The standard InChI is InChI=1S/C19H27FN8O/c1-5-14-21-10-13(20)17(22-14)23-16-12-11-28(19(2,3)15(12)24-25-16)18(29)27-8-6-26(4)7-9-27/h10H,5-9,11H2,1-4H3,(H2,21,22,23,24,25). The number of rotatable bonds is 3. The number of urea groups is 1. The minimum Gasteiger partial charge on any atom is -0.322 e. The molecule has 0 saturated carbocycles. The number of aromatic nitrogens is 4. The lowest BCUT2D eigenvalue weighted by Gasteiger charge is -2.39. The third-order valence-corrected chi connectivity index (χ3v) is 5.82. The van der Waals surface area contributed by atoms with Crippen LogP contribution in [-0.2, 0) is 18.5 Å². The lowest BCUT2D eigenvalue weighted by molar-refractivity contribution is 0.0881. The molecule has 1 saturated heterocycles. The van der Waals surface area contributed by atoms with Crippen LogP contribution >= 0.6 is 0 Å². The zero-order chi connectivity index (χ0) is 20.8. The molecule has 2 aliphatic rings. The van der Waals surface area contributed by atoms with E-state index in [1.807, 2.05) is 30.6 Å². The quantitative estimate of drug-likeness (QED) is 0.816. The van der Waals surface area contributed by atoms with E-state index in [0.717, 1.165) is 30.5 Å². The Morgan fingerprint density at radius 2 is 2.00 bits per heavy atom. The summed E-state index contributed by atoms with van der Waals surface area (Å²) in [5.74, 6) is 0.587. The molecule has 2 N–H and O–H groups in total. The van der Waals surface area contributed by atoms with Crippen molar-refractivity contribution in [1.82, 2.24) is 34.9 Å². The van der Waals surface area contributed by atoms with E-state index in [9.17, 15) is 9.18 Å². The highest BCUT2D eigenvalue weighted by Crippen LogP contribution is 2.41. The Bertz CT molecular complexity index is 919. The third kappa shape index (κ3) is 3.41. The molecule has 0 aromatic carbocycles. The lowest BCUT2D eigenvalue weighted by Crippen LogP contribution is -2.54. The molecule has 10 heteroatoms. The zero-order valence-electron chi connectivity index (χ0n) is 17.3. The van der Waals surface area contributed by atoms with Crippen LogP contribution in [-0.4, -0.2) is 74.1 Å². The minimum absolute atomic E-state index is 0.0140. The molecule has 4 heterocycles. The van der Waals surface area contributed by atoms with Gasteiger partial charge in [-0.1, -0.05) is 6.92 Å². The number of fused-ring (bicyclic) bond motifs is 1. The largest absolute Gasteiger partial charge is 0.322 e. The second kappa shape index (κ2) is 7.25. The van der Waals surface area contributed by atoms with Crippen molar-refractivity contribution in [3.63, 3.8) is 0 Å². The van der Waals surface area contributed by atoms with Crippen molar-refractivity contribution < 1.29 is 9.18 Å². The maximum atomic E-state index is 14.2. The molecule has 0 unspecified atom stereocenters. The highest BCUT2D eigenvalue weighted by Gasteiger charge is 2.45. The predicted molar refractivity (Wildman–Crippen MR) is 106 cm³/mol. The number of piperazine rings is 1. The Morgan fingerprint density at radius 3 is 2.69 bits per heavy atom. The van der Waals surface area contributed by atoms with Gasteiger partial charge in [-0.15, -0.1) is 0 Å². The smallest absolute Gasteiger partial charge is 0.321 e. The number of carbonyl (C=O) groups is 1. The van der Waals surface area contributed by atoms with E-state index in [1.54, 1.807) is 0 Å². The van der Waals surface area contributed by atoms with Gasteiger partial charge in [0.2, 0.25) is 0 Å². The first-order chi connectivity index (χ1) is 13.8. The predicted octanol–water partition coefficient (Wildman–Crippen LogP) is 2.06. The van der Waals surface area contributed by atoms with E-state index >= 15 is 0 Å². The van der Waals surface area contributed by atoms with Crippen LogP contribution in [0.25, 0.3) is 0 Å². The summed E-state index contributed by atoms with van der Waals surface area (Å²) in [4.78, 5) is 27.3. The Hall–Kier alpha value is -2.75. The summed E-state index contributed by atoms with van der Waals surface area (Å²) >= 11 is 0. The van der Waals surface area contributed by atoms with Gasteiger partial charge < -0.3 is 20.0 Å². The second-order valence-electron chi connectivity index (χ2n) is 8.11. The van der Waals surface area contributed by atoms with Crippen LogP contribution in [0.5, 0.6) is 0 Å². The van der Waals surface area contributed by atoms with Crippen LogP contribution in [0.1, 0.15) is 37.9 Å². The fourth-order valence-corrected chi connectivity index (χ4v) is 3.87. The molecular formula is C19H27FN8O. The van der Waals surface area contributed by atoms with Crippen LogP contribution in [0.15, 0.2) is 6.20 Å². The molecule has 2 amide bonds. The molecule has 0 spiro atoms. The zero-order valence-corrected chi connectivity index (χ0v) is 17.3. The van der Waals surface area contributed by atoms with Crippen LogP contribution in [0.4, 0.5) is 20.8 Å². The summed E-state index contributed by atoms with van der Waals surface area (Å²) in [6.07, 6.45) is 1.77. The summed E-state index contributed by atoms with van der Waals surface area (Å²) in [5.41, 5.74) is 1.17. The third-order valence-electron chi connectivity index (χ3n) is 5.82. The highest BCUT2D eigenvalue weighted by molar-refractivity contribution is 5.77. The molecule has 2 aromatic rings. The molecule has 9 nitrogen and oxygen atoms in total. The molecule has 2 aliphatic heterocycles. The van der Waals surface area contributed by atoms with E-state index in [4.69, 9.17) is 0 Å². The monoisotopic (exact) mass is 402 g/mol. The van der Waals surface area contributed by atoms with Gasteiger partial charge in [-0.25, -0.2) is 19.2 Å². The number of hydrogen-bond donors (Lipinski definition) is 2. The van der Waals surface area contributed by atoms with Gasteiger partial charge in [-0.3, -0.25) is 5.10 Å². The Labute approximate surface area is 169 Å². The minimum atomic E-state index is -0.540. The van der Waals surface area contributed by atoms with Gasteiger partial charge >= 0.3 is 6.03 Å². The van der Waals surface area contributed by atoms with Gasteiger partial charge in [0, 0.05) is 38.2 Å². The average Bonchev–Trinajstić information content (AvgIpc) is 3.22. The molecule has 156 valence electrons. The Balaban J connectivity index is 1.57. The van der Waals surface area contributed by atoms with Gasteiger partial charge in [0.1, 0.15) is 5.82 Å². The average molecular weight is 402 g/mol. The van der Waals surface area contributed by atoms with E-state index in [-0.39, 0.29) is 11.8 Å². The molecule has 0 aliphatic carbocycles. The summed E-state index contributed by atoms with van der Waals surface area (Å²) < 4.78 is 14.2. The van der Waals surface area contributed by atoms with Crippen LogP contribution in [0, 0.1) is 5.82 Å². The number of aryl methyl sites for hydroxylation is 1. The van der Waals surface area contributed by atoms with Gasteiger partial charge in [0.15, 0.2) is 17.5 Å². The van der Waals surface area contributed by atoms with Gasteiger partial charge in [0.05, 0.1) is 24.0 Å². The number of hydrogen-bond acceptors (Lipinski definition) is 6. The van der Waals surface area contributed by atoms with Crippen molar-refractivity contribution in [1.29, 1.82) is 0 Å². The molecule has 4 rings (SSSR count). The number of H-pyrrole nitrogens is 1. The first kappa shape index (κ1) is 19.6. The topological polar surface area (TPSA) is 93.3 Å². The van der Waals surface area contributed by atoms with Crippen LogP contribution in [0.3, 0.4) is 0 Å². The fourth-order valence-electron chi connectivity index (χ4n) is 3.87. The van der Waals surface area contributed by atoms with Crippen molar-refractivity contribution in [3.05, 3.63) is 29.1 Å². The van der Waals surface area contributed by atoms with Crippen molar-refractivity contribution in [3.8, 4) is 0 Å². The molecule has 0 bridgehead atoms. The molecule has 2 aromatic heterocycles. The molecule has 29 heavy (non-hydrogen) atoms. The van der Waals surface area contributed by atoms with E-state index in [0.29, 0.717) is 37.7 Å². The van der Waals surface area contributed by atoms with Crippen LogP contribution < -0.4 is 5.32 Å². The normalized spacial score (nSPS) is 18.8. The number of amides is 2. The summed E-state index contributed by atoms with van der Waals surface area (Å²) in [6, 6.07) is 0.0140. The molecule has 0 radical (unpaired) electrons. The molecule has 0 atom stereocenters. The fraction of sp³-hybridized carbons (Fsp3) is 0.579.